The van der Waals surface area contributed by atoms with Crippen molar-refractivity contribution in [1.82, 2.24) is 15.1 Å². The minimum Gasteiger partial charge on any atom is -0.494 e. The van der Waals surface area contributed by atoms with E-state index >= 15 is 0 Å². The molecule has 0 fully saturated rings. The summed E-state index contributed by atoms with van der Waals surface area (Å²) < 4.78 is 5.54. The molecule has 1 aromatic carbocycles. The number of rotatable bonds is 7. The highest BCUT2D eigenvalue weighted by atomic mass is 16.5. The molecule has 0 unspecified atom stereocenters. The lowest BCUT2D eigenvalue weighted by Crippen LogP contribution is -2.29. The number of nitrogens with zero attached hydrogens (tertiary/aromatic N) is 2. The first kappa shape index (κ1) is 17.1. The fraction of sp³-hybridized carbons (Fsp3) is 0.444. The number of nitrogens with one attached hydrogen (secondary N) is 1. The van der Waals surface area contributed by atoms with E-state index in [4.69, 9.17) is 4.74 Å². The molecule has 1 heterocycles. The van der Waals surface area contributed by atoms with Gasteiger partial charge in [-0.25, -0.2) is 0 Å². The van der Waals surface area contributed by atoms with E-state index in [9.17, 15) is 4.79 Å². The fourth-order valence-corrected chi connectivity index (χ4v) is 2.46. The van der Waals surface area contributed by atoms with E-state index in [0.717, 1.165) is 30.0 Å². The number of benzene rings is 1. The molecule has 1 amide bonds. The molecule has 0 aliphatic carbocycles. The smallest absolute Gasteiger partial charge is 0.253 e. The Balaban J connectivity index is 1.94. The van der Waals surface area contributed by atoms with E-state index in [1.54, 1.807) is 4.90 Å². The molecule has 2 rings (SSSR count). The normalized spacial score (nSPS) is 10.6. The summed E-state index contributed by atoms with van der Waals surface area (Å²) in [7, 11) is 1.83. The lowest BCUT2D eigenvalue weighted by atomic mass is 10.1. The van der Waals surface area contributed by atoms with Crippen LogP contribution in [-0.2, 0) is 6.42 Å². The molecule has 0 atom stereocenters. The molecular formula is C18H25N3O2. The number of carbonyl (C=O) groups is 1. The molecule has 1 aromatic heterocycles. The van der Waals surface area contributed by atoms with E-state index in [0.29, 0.717) is 18.7 Å². The first-order valence-corrected chi connectivity index (χ1v) is 8.01. The van der Waals surface area contributed by atoms with Crippen molar-refractivity contribution in [2.24, 2.45) is 0 Å². The van der Waals surface area contributed by atoms with Gasteiger partial charge in [0.1, 0.15) is 5.75 Å². The SMILES string of the molecule is CCCOc1ccc(C(=O)N(C)CCc2c(C)n[nH]c2C)cc1. The summed E-state index contributed by atoms with van der Waals surface area (Å²) in [6.45, 7) is 7.41. The lowest BCUT2D eigenvalue weighted by molar-refractivity contribution is 0.0796. The standard InChI is InChI=1S/C18H25N3O2/c1-5-12-23-16-8-6-15(7-9-16)18(22)21(4)11-10-17-13(2)19-20-14(17)3/h6-9H,5,10-12H2,1-4H3,(H,19,20). The van der Waals surface area contributed by atoms with Gasteiger partial charge >= 0.3 is 0 Å². The second-order valence-corrected chi connectivity index (χ2v) is 5.76. The van der Waals surface area contributed by atoms with Crippen LogP contribution in [0.1, 0.15) is 40.7 Å². The van der Waals surface area contributed by atoms with Crippen molar-refractivity contribution in [3.63, 3.8) is 0 Å². The van der Waals surface area contributed by atoms with Crippen molar-refractivity contribution in [3.8, 4) is 5.75 Å². The molecule has 0 bridgehead atoms. The summed E-state index contributed by atoms with van der Waals surface area (Å²) in [6.07, 6.45) is 1.77. The number of ether oxygens (including phenoxy) is 1. The van der Waals surface area contributed by atoms with Gasteiger partial charge in [0.15, 0.2) is 0 Å². The van der Waals surface area contributed by atoms with Gasteiger partial charge in [0, 0.05) is 24.8 Å². The number of H-pyrrole nitrogens is 1. The molecule has 0 aliphatic heterocycles. The lowest BCUT2D eigenvalue weighted by Gasteiger charge is -2.17. The number of hydrogen-bond acceptors (Lipinski definition) is 3. The number of amides is 1. The molecule has 5 nitrogen and oxygen atoms in total. The maximum absolute atomic E-state index is 12.5. The maximum Gasteiger partial charge on any atom is 0.253 e. The highest BCUT2D eigenvalue weighted by Gasteiger charge is 2.13. The maximum atomic E-state index is 12.5. The molecule has 0 spiro atoms. The molecular weight excluding hydrogens is 290 g/mol. The van der Waals surface area contributed by atoms with Gasteiger partial charge in [-0.3, -0.25) is 9.89 Å². The van der Waals surface area contributed by atoms with E-state index in [1.165, 1.54) is 5.56 Å². The van der Waals surface area contributed by atoms with Crippen LogP contribution in [0.15, 0.2) is 24.3 Å². The van der Waals surface area contributed by atoms with Crippen molar-refractivity contribution < 1.29 is 9.53 Å². The number of aryl methyl sites for hydroxylation is 2. The van der Waals surface area contributed by atoms with Crippen LogP contribution in [0.4, 0.5) is 0 Å². The predicted octanol–water partition coefficient (Wildman–Crippen LogP) is 3.13. The Hall–Kier alpha value is -2.30. The first-order valence-electron chi connectivity index (χ1n) is 8.01. The third kappa shape index (κ3) is 4.34. The number of aromatic nitrogens is 2. The number of likely N-dealkylation sites (N-methyl/N-ethyl adjacent to an activating group) is 1. The van der Waals surface area contributed by atoms with Gasteiger partial charge in [-0.2, -0.15) is 5.10 Å². The number of aromatic amines is 1. The van der Waals surface area contributed by atoms with Crippen molar-refractivity contribution in [3.05, 3.63) is 46.8 Å². The second-order valence-electron chi connectivity index (χ2n) is 5.76. The number of carbonyl (C=O) groups excluding carboxylic acids is 1. The van der Waals surface area contributed by atoms with Crippen molar-refractivity contribution >= 4 is 5.91 Å². The minimum absolute atomic E-state index is 0.0193. The number of hydrogen-bond donors (Lipinski definition) is 1. The third-order valence-corrected chi connectivity index (χ3v) is 3.90. The van der Waals surface area contributed by atoms with Crippen LogP contribution >= 0.6 is 0 Å². The van der Waals surface area contributed by atoms with Crippen molar-refractivity contribution in [1.29, 1.82) is 0 Å². The summed E-state index contributed by atoms with van der Waals surface area (Å²) >= 11 is 0. The molecule has 0 radical (unpaired) electrons. The van der Waals surface area contributed by atoms with Crippen LogP contribution in [0, 0.1) is 13.8 Å². The van der Waals surface area contributed by atoms with E-state index < -0.39 is 0 Å². The first-order chi connectivity index (χ1) is 11.0. The van der Waals surface area contributed by atoms with Crippen LogP contribution in [0.5, 0.6) is 5.75 Å². The van der Waals surface area contributed by atoms with Gasteiger partial charge in [0.05, 0.1) is 12.3 Å². The van der Waals surface area contributed by atoms with E-state index in [2.05, 4.69) is 17.1 Å². The Kier molecular flexibility index (Phi) is 5.79. The van der Waals surface area contributed by atoms with Gasteiger partial charge in [-0.15, -0.1) is 0 Å². The Bertz CT molecular complexity index is 627. The van der Waals surface area contributed by atoms with E-state index in [-0.39, 0.29) is 5.91 Å². The zero-order valence-electron chi connectivity index (χ0n) is 14.3. The summed E-state index contributed by atoms with van der Waals surface area (Å²) in [5.74, 6) is 0.821. The molecule has 124 valence electrons. The van der Waals surface area contributed by atoms with Gasteiger partial charge in [-0.1, -0.05) is 6.92 Å². The molecule has 0 saturated heterocycles. The molecule has 5 heteroatoms. The molecule has 0 saturated carbocycles. The van der Waals surface area contributed by atoms with Gasteiger partial charge < -0.3 is 9.64 Å². The Morgan fingerprint density at radius 2 is 1.96 bits per heavy atom. The average Bonchev–Trinajstić information content (AvgIpc) is 2.89. The van der Waals surface area contributed by atoms with Gasteiger partial charge in [0.2, 0.25) is 0 Å². The van der Waals surface area contributed by atoms with Crippen LogP contribution in [0.2, 0.25) is 0 Å². The molecule has 2 aromatic rings. The van der Waals surface area contributed by atoms with Crippen LogP contribution in [-0.4, -0.2) is 41.2 Å². The van der Waals surface area contributed by atoms with Crippen molar-refractivity contribution in [2.75, 3.05) is 20.2 Å². The Morgan fingerprint density at radius 3 is 2.52 bits per heavy atom. The highest BCUT2D eigenvalue weighted by Crippen LogP contribution is 2.15. The zero-order chi connectivity index (χ0) is 16.8. The predicted molar refractivity (Wildman–Crippen MR) is 91.0 cm³/mol. The largest absolute Gasteiger partial charge is 0.494 e. The minimum atomic E-state index is 0.0193. The second kappa shape index (κ2) is 7.81. The van der Waals surface area contributed by atoms with Crippen molar-refractivity contribution in [2.45, 2.75) is 33.6 Å². The monoisotopic (exact) mass is 315 g/mol. The Morgan fingerprint density at radius 1 is 1.26 bits per heavy atom. The molecule has 0 aliphatic rings. The topological polar surface area (TPSA) is 58.2 Å². The summed E-state index contributed by atoms with van der Waals surface area (Å²) in [5.41, 5.74) is 3.94. The average molecular weight is 315 g/mol. The summed E-state index contributed by atoms with van der Waals surface area (Å²) in [4.78, 5) is 14.2. The van der Waals surface area contributed by atoms with Gasteiger partial charge in [-0.05, 0) is 56.5 Å². The van der Waals surface area contributed by atoms with Crippen LogP contribution in [0.25, 0.3) is 0 Å². The fourth-order valence-electron chi connectivity index (χ4n) is 2.46. The third-order valence-electron chi connectivity index (χ3n) is 3.90. The van der Waals surface area contributed by atoms with E-state index in [1.807, 2.05) is 45.2 Å². The van der Waals surface area contributed by atoms with Crippen LogP contribution < -0.4 is 4.74 Å². The Labute approximate surface area is 137 Å². The van der Waals surface area contributed by atoms with Crippen LogP contribution in [0.3, 0.4) is 0 Å². The summed E-state index contributed by atoms with van der Waals surface area (Å²) in [5, 5.41) is 7.17. The molecule has 23 heavy (non-hydrogen) atoms. The zero-order valence-corrected chi connectivity index (χ0v) is 14.3. The highest BCUT2D eigenvalue weighted by molar-refractivity contribution is 5.94. The quantitative estimate of drug-likeness (QED) is 0.854. The van der Waals surface area contributed by atoms with Gasteiger partial charge in [0.25, 0.3) is 5.91 Å². The summed E-state index contributed by atoms with van der Waals surface area (Å²) in [6, 6.07) is 7.33. The molecule has 1 N–H and O–H groups in total.